The molecule has 4 heteroatoms. The van der Waals surface area contributed by atoms with Gasteiger partial charge in [0.1, 0.15) is 0 Å². The molecule has 4 nitrogen and oxygen atoms in total. The second kappa shape index (κ2) is 4.57. The first-order valence-corrected chi connectivity index (χ1v) is 5.72. The highest BCUT2D eigenvalue weighted by atomic mass is 16.4. The van der Waals surface area contributed by atoms with E-state index in [1.807, 2.05) is 12.1 Å². The van der Waals surface area contributed by atoms with Crippen LogP contribution in [0.3, 0.4) is 0 Å². The number of carboxylic acid groups (broad SMARTS) is 1. The minimum Gasteiger partial charge on any atom is -0.481 e. The highest BCUT2D eigenvalue weighted by Gasteiger charge is 2.22. The predicted molar refractivity (Wildman–Crippen MR) is 64.1 cm³/mol. The Balaban J connectivity index is 2.18. The lowest BCUT2D eigenvalue weighted by molar-refractivity contribution is -0.138. The second-order valence-electron chi connectivity index (χ2n) is 4.30. The molecule has 0 unspecified atom stereocenters. The lowest BCUT2D eigenvalue weighted by atomic mass is 10.0. The van der Waals surface area contributed by atoms with Gasteiger partial charge in [0.05, 0.1) is 5.92 Å². The van der Waals surface area contributed by atoms with Crippen molar-refractivity contribution in [3.8, 4) is 0 Å². The number of hydrogen-bond donors (Lipinski definition) is 1. The van der Waals surface area contributed by atoms with Crippen molar-refractivity contribution in [3.63, 3.8) is 0 Å². The molecule has 1 atom stereocenters. The van der Waals surface area contributed by atoms with E-state index in [1.165, 1.54) is 0 Å². The SMILES string of the molecule is C[C@@H](C(=O)O)c1ccc(N2CCCC2=O)cc1. The number of nitrogens with zero attached hydrogens (tertiary/aromatic N) is 1. The Morgan fingerprint density at radius 1 is 1.35 bits per heavy atom. The highest BCUT2D eigenvalue weighted by Crippen LogP contribution is 2.24. The van der Waals surface area contributed by atoms with Gasteiger partial charge in [0.2, 0.25) is 5.91 Å². The largest absolute Gasteiger partial charge is 0.481 e. The maximum atomic E-state index is 11.5. The molecule has 0 radical (unpaired) electrons. The summed E-state index contributed by atoms with van der Waals surface area (Å²) >= 11 is 0. The average molecular weight is 233 g/mol. The molecule has 1 aliphatic heterocycles. The number of rotatable bonds is 3. The minimum atomic E-state index is -0.838. The smallest absolute Gasteiger partial charge is 0.310 e. The Hall–Kier alpha value is -1.84. The third-order valence-corrected chi connectivity index (χ3v) is 3.15. The molecular weight excluding hydrogens is 218 g/mol. The van der Waals surface area contributed by atoms with Crippen LogP contribution < -0.4 is 4.90 Å². The molecule has 0 bridgehead atoms. The fourth-order valence-corrected chi connectivity index (χ4v) is 2.01. The van der Waals surface area contributed by atoms with Crippen molar-refractivity contribution in [2.24, 2.45) is 0 Å². The Labute approximate surface area is 99.9 Å². The van der Waals surface area contributed by atoms with Gasteiger partial charge in [0.25, 0.3) is 0 Å². The standard InChI is InChI=1S/C13H15NO3/c1-9(13(16)17)10-4-6-11(7-5-10)14-8-2-3-12(14)15/h4-7,9H,2-3,8H2,1H3,(H,16,17)/t9-/m1/s1. The van der Waals surface area contributed by atoms with Crippen molar-refractivity contribution in [1.82, 2.24) is 0 Å². The summed E-state index contributed by atoms with van der Waals surface area (Å²) in [6.07, 6.45) is 1.50. The molecular formula is C13H15NO3. The van der Waals surface area contributed by atoms with Gasteiger partial charge in [-0.25, -0.2) is 0 Å². The Bertz CT molecular complexity index is 438. The monoisotopic (exact) mass is 233 g/mol. The van der Waals surface area contributed by atoms with E-state index in [0.29, 0.717) is 6.42 Å². The number of aliphatic carboxylic acids is 1. The van der Waals surface area contributed by atoms with Crippen LogP contribution in [0.25, 0.3) is 0 Å². The first-order chi connectivity index (χ1) is 8.09. The highest BCUT2D eigenvalue weighted by molar-refractivity contribution is 5.95. The van der Waals surface area contributed by atoms with Crippen LogP contribution in [0.15, 0.2) is 24.3 Å². The number of carboxylic acids is 1. The molecule has 1 aromatic rings. The molecule has 0 saturated carbocycles. The van der Waals surface area contributed by atoms with Gasteiger partial charge in [0.15, 0.2) is 0 Å². The summed E-state index contributed by atoms with van der Waals surface area (Å²) in [6, 6.07) is 7.19. The molecule has 1 N–H and O–H groups in total. The summed E-state index contributed by atoms with van der Waals surface area (Å²) in [5.41, 5.74) is 1.61. The third kappa shape index (κ3) is 2.30. The number of anilines is 1. The fourth-order valence-electron chi connectivity index (χ4n) is 2.01. The zero-order valence-corrected chi connectivity index (χ0v) is 9.72. The van der Waals surface area contributed by atoms with Gasteiger partial charge in [-0.05, 0) is 31.0 Å². The van der Waals surface area contributed by atoms with Gasteiger partial charge in [-0.3, -0.25) is 9.59 Å². The van der Waals surface area contributed by atoms with Crippen LogP contribution in [-0.2, 0) is 9.59 Å². The van der Waals surface area contributed by atoms with Crippen molar-refractivity contribution in [2.45, 2.75) is 25.7 Å². The molecule has 1 heterocycles. The maximum Gasteiger partial charge on any atom is 0.310 e. The topological polar surface area (TPSA) is 57.6 Å². The van der Waals surface area contributed by atoms with E-state index in [0.717, 1.165) is 24.2 Å². The molecule has 1 fully saturated rings. The van der Waals surface area contributed by atoms with Gasteiger partial charge in [0, 0.05) is 18.7 Å². The van der Waals surface area contributed by atoms with Crippen molar-refractivity contribution in [2.75, 3.05) is 11.4 Å². The normalized spacial score (nSPS) is 17.2. The van der Waals surface area contributed by atoms with E-state index in [-0.39, 0.29) is 5.91 Å². The summed E-state index contributed by atoms with van der Waals surface area (Å²) in [5.74, 6) is -1.21. The Morgan fingerprint density at radius 3 is 2.47 bits per heavy atom. The van der Waals surface area contributed by atoms with Crippen LogP contribution in [0.1, 0.15) is 31.2 Å². The lowest BCUT2D eigenvalue weighted by Crippen LogP contribution is -2.23. The molecule has 17 heavy (non-hydrogen) atoms. The van der Waals surface area contributed by atoms with E-state index in [9.17, 15) is 9.59 Å². The van der Waals surface area contributed by atoms with E-state index >= 15 is 0 Å². The second-order valence-corrected chi connectivity index (χ2v) is 4.30. The van der Waals surface area contributed by atoms with Crippen molar-refractivity contribution < 1.29 is 14.7 Å². The fraction of sp³-hybridized carbons (Fsp3) is 0.385. The molecule has 1 amide bonds. The van der Waals surface area contributed by atoms with Crippen LogP contribution in [0.4, 0.5) is 5.69 Å². The molecule has 90 valence electrons. The summed E-state index contributed by atoms with van der Waals surface area (Å²) in [4.78, 5) is 24.1. The average Bonchev–Trinajstić information content (AvgIpc) is 2.74. The molecule has 0 aromatic heterocycles. The van der Waals surface area contributed by atoms with Gasteiger partial charge in [-0.1, -0.05) is 12.1 Å². The number of carbonyl (C=O) groups is 2. The summed E-state index contributed by atoms with van der Waals surface area (Å²) < 4.78 is 0. The molecule has 0 aliphatic carbocycles. The molecule has 0 spiro atoms. The molecule has 2 rings (SSSR count). The van der Waals surface area contributed by atoms with Gasteiger partial charge >= 0.3 is 5.97 Å². The van der Waals surface area contributed by atoms with Crippen LogP contribution in [0.5, 0.6) is 0 Å². The summed E-state index contributed by atoms with van der Waals surface area (Å²) in [7, 11) is 0. The minimum absolute atomic E-state index is 0.143. The van der Waals surface area contributed by atoms with Crippen LogP contribution in [0.2, 0.25) is 0 Å². The quantitative estimate of drug-likeness (QED) is 0.868. The first-order valence-electron chi connectivity index (χ1n) is 5.72. The van der Waals surface area contributed by atoms with Crippen LogP contribution in [0, 0.1) is 0 Å². The number of benzene rings is 1. The van der Waals surface area contributed by atoms with Crippen LogP contribution >= 0.6 is 0 Å². The van der Waals surface area contributed by atoms with Crippen LogP contribution in [-0.4, -0.2) is 23.5 Å². The molecule has 1 aromatic carbocycles. The number of carbonyl (C=O) groups excluding carboxylic acids is 1. The predicted octanol–water partition coefficient (Wildman–Crippen LogP) is 2.00. The van der Waals surface area contributed by atoms with E-state index < -0.39 is 11.9 Å². The zero-order valence-electron chi connectivity index (χ0n) is 9.72. The zero-order chi connectivity index (χ0) is 12.4. The van der Waals surface area contributed by atoms with Crippen molar-refractivity contribution in [1.29, 1.82) is 0 Å². The van der Waals surface area contributed by atoms with Gasteiger partial charge in [-0.2, -0.15) is 0 Å². The van der Waals surface area contributed by atoms with E-state index in [4.69, 9.17) is 5.11 Å². The number of hydrogen-bond acceptors (Lipinski definition) is 2. The van der Waals surface area contributed by atoms with E-state index in [1.54, 1.807) is 24.0 Å². The Morgan fingerprint density at radius 2 is 2.00 bits per heavy atom. The lowest BCUT2D eigenvalue weighted by Gasteiger charge is -2.16. The third-order valence-electron chi connectivity index (χ3n) is 3.15. The molecule has 1 aliphatic rings. The Kier molecular flexibility index (Phi) is 3.13. The van der Waals surface area contributed by atoms with Gasteiger partial charge < -0.3 is 10.0 Å². The van der Waals surface area contributed by atoms with Crippen molar-refractivity contribution >= 4 is 17.6 Å². The van der Waals surface area contributed by atoms with Gasteiger partial charge in [-0.15, -0.1) is 0 Å². The van der Waals surface area contributed by atoms with E-state index in [2.05, 4.69) is 0 Å². The summed E-state index contributed by atoms with van der Waals surface area (Å²) in [5, 5.41) is 8.89. The maximum absolute atomic E-state index is 11.5. The summed E-state index contributed by atoms with van der Waals surface area (Å²) in [6.45, 7) is 2.41. The van der Waals surface area contributed by atoms with Crippen molar-refractivity contribution in [3.05, 3.63) is 29.8 Å². The number of amides is 1. The molecule has 1 saturated heterocycles. The first kappa shape index (κ1) is 11.6.